The van der Waals surface area contributed by atoms with Gasteiger partial charge in [0.15, 0.2) is 0 Å². The number of hydrogen-bond acceptors (Lipinski definition) is 3. The highest BCUT2D eigenvalue weighted by Crippen LogP contribution is 2.30. The number of imidazole rings is 1. The van der Waals surface area contributed by atoms with E-state index in [1.54, 1.807) is 0 Å². The molecule has 0 fully saturated rings. The van der Waals surface area contributed by atoms with Gasteiger partial charge in [0.25, 0.3) is 0 Å². The van der Waals surface area contributed by atoms with Crippen LogP contribution >= 0.6 is 23.4 Å². The molecule has 3 nitrogen and oxygen atoms in total. The van der Waals surface area contributed by atoms with Crippen molar-refractivity contribution in [3.05, 3.63) is 24.0 Å². The van der Waals surface area contributed by atoms with E-state index in [9.17, 15) is 0 Å². The minimum atomic E-state index is -0.108. The van der Waals surface area contributed by atoms with Crippen LogP contribution < -0.4 is 4.74 Å². The molecule has 0 aliphatic rings. The van der Waals surface area contributed by atoms with Crippen LogP contribution in [-0.2, 0) is 6.54 Å². The van der Waals surface area contributed by atoms with E-state index in [1.807, 2.05) is 37.7 Å². The Hall–Kier alpha value is -0.870. The lowest BCUT2D eigenvalue weighted by molar-refractivity contribution is 0.343. The zero-order valence-corrected chi connectivity index (χ0v) is 13.1. The quantitative estimate of drug-likeness (QED) is 0.751. The SMILES string of the molecule is CCOc1cccc2c1nc(C(C)Cl)n2CCSC. The van der Waals surface area contributed by atoms with Crippen LogP contribution in [0.15, 0.2) is 18.2 Å². The molecule has 0 amide bonds. The van der Waals surface area contributed by atoms with Gasteiger partial charge in [-0.2, -0.15) is 11.8 Å². The Morgan fingerprint density at radius 2 is 2.26 bits per heavy atom. The van der Waals surface area contributed by atoms with Crippen LogP contribution in [0.2, 0.25) is 0 Å². The van der Waals surface area contributed by atoms with Crippen LogP contribution in [0.3, 0.4) is 0 Å². The van der Waals surface area contributed by atoms with Gasteiger partial charge in [-0.25, -0.2) is 4.98 Å². The van der Waals surface area contributed by atoms with Crippen molar-refractivity contribution in [3.63, 3.8) is 0 Å². The molecule has 1 atom stereocenters. The molecule has 2 rings (SSSR count). The smallest absolute Gasteiger partial charge is 0.147 e. The lowest BCUT2D eigenvalue weighted by atomic mass is 10.3. The fourth-order valence-electron chi connectivity index (χ4n) is 2.13. The van der Waals surface area contributed by atoms with Gasteiger partial charge in [-0.15, -0.1) is 11.6 Å². The maximum atomic E-state index is 6.26. The van der Waals surface area contributed by atoms with E-state index in [2.05, 4.69) is 21.9 Å². The van der Waals surface area contributed by atoms with E-state index in [-0.39, 0.29) is 5.38 Å². The van der Waals surface area contributed by atoms with Crippen molar-refractivity contribution >= 4 is 34.4 Å². The Labute approximate surface area is 123 Å². The number of aryl methyl sites for hydroxylation is 1. The first-order chi connectivity index (χ1) is 9.19. The van der Waals surface area contributed by atoms with Gasteiger partial charge in [-0.3, -0.25) is 0 Å². The molecular weight excluding hydrogens is 280 g/mol. The standard InChI is InChI=1S/C14H19ClN2OS/c1-4-18-12-7-5-6-11-13(12)16-14(10(2)15)17(11)8-9-19-3/h5-7,10H,4,8-9H2,1-3H3. The largest absolute Gasteiger partial charge is 0.492 e. The third-order valence-corrected chi connectivity index (χ3v) is 3.73. The van der Waals surface area contributed by atoms with Crippen molar-refractivity contribution in [2.75, 3.05) is 18.6 Å². The predicted octanol–water partition coefficient (Wildman–Crippen LogP) is 4.10. The maximum absolute atomic E-state index is 6.26. The average Bonchev–Trinajstić information content (AvgIpc) is 2.77. The molecule has 104 valence electrons. The van der Waals surface area contributed by atoms with Crippen molar-refractivity contribution < 1.29 is 4.74 Å². The van der Waals surface area contributed by atoms with Gasteiger partial charge in [0.2, 0.25) is 0 Å². The van der Waals surface area contributed by atoms with Crippen LogP contribution in [-0.4, -0.2) is 28.2 Å². The van der Waals surface area contributed by atoms with E-state index in [4.69, 9.17) is 16.3 Å². The number of rotatable bonds is 6. The minimum Gasteiger partial charge on any atom is -0.492 e. The Bertz CT molecular complexity index is 554. The third kappa shape index (κ3) is 3.00. The molecular formula is C14H19ClN2OS. The highest BCUT2D eigenvalue weighted by molar-refractivity contribution is 7.98. The molecule has 0 saturated heterocycles. The second-order valence-corrected chi connectivity index (χ2v) is 5.93. The number of fused-ring (bicyclic) bond motifs is 1. The summed E-state index contributed by atoms with van der Waals surface area (Å²) < 4.78 is 7.85. The summed E-state index contributed by atoms with van der Waals surface area (Å²) in [6, 6.07) is 6.04. The van der Waals surface area contributed by atoms with Crippen molar-refractivity contribution in [2.45, 2.75) is 25.8 Å². The first-order valence-electron chi connectivity index (χ1n) is 6.44. The topological polar surface area (TPSA) is 27.1 Å². The normalized spacial score (nSPS) is 12.8. The van der Waals surface area contributed by atoms with E-state index in [1.165, 1.54) is 0 Å². The molecule has 1 aromatic carbocycles. The Morgan fingerprint density at radius 1 is 1.47 bits per heavy atom. The van der Waals surface area contributed by atoms with Gasteiger partial charge >= 0.3 is 0 Å². The molecule has 19 heavy (non-hydrogen) atoms. The van der Waals surface area contributed by atoms with Crippen LogP contribution in [0.1, 0.15) is 25.0 Å². The summed E-state index contributed by atoms with van der Waals surface area (Å²) in [4.78, 5) is 4.68. The van der Waals surface area contributed by atoms with E-state index < -0.39 is 0 Å². The number of ether oxygens (including phenoxy) is 1. The Kier molecular flexibility index (Phi) is 4.99. The zero-order valence-electron chi connectivity index (χ0n) is 11.5. The summed E-state index contributed by atoms with van der Waals surface area (Å²) in [6.07, 6.45) is 2.11. The molecule has 0 radical (unpaired) electrons. The fraction of sp³-hybridized carbons (Fsp3) is 0.500. The first kappa shape index (κ1) is 14.5. The summed E-state index contributed by atoms with van der Waals surface area (Å²) >= 11 is 8.08. The molecule has 2 aromatic rings. The molecule has 0 aliphatic heterocycles. The molecule has 0 spiro atoms. The van der Waals surface area contributed by atoms with Crippen molar-refractivity contribution in [1.82, 2.24) is 9.55 Å². The summed E-state index contributed by atoms with van der Waals surface area (Å²) in [6.45, 7) is 5.50. The highest BCUT2D eigenvalue weighted by atomic mass is 35.5. The summed E-state index contributed by atoms with van der Waals surface area (Å²) in [5, 5.41) is -0.108. The molecule has 0 aliphatic carbocycles. The number of halogens is 1. The number of aromatic nitrogens is 2. The zero-order chi connectivity index (χ0) is 13.8. The number of alkyl halides is 1. The fourth-order valence-corrected chi connectivity index (χ4v) is 2.66. The number of thioether (sulfide) groups is 1. The number of hydrogen-bond donors (Lipinski definition) is 0. The van der Waals surface area contributed by atoms with Gasteiger partial charge in [0.05, 0.1) is 17.5 Å². The summed E-state index contributed by atoms with van der Waals surface area (Å²) in [7, 11) is 0. The second-order valence-electron chi connectivity index (χ2n) is 4.29. The second kappa shape index (κ2) is 6.53. The predicted molar refractivity (Wildman–Crippen MR) is 83.6 cm³/mol. The molecule has 0 bridgehead atoms. The van der Waals surface area contributed by atoms with Gasteiger partial charge in [0.1, 0.15) is 17.1 Å². The maximum Gasteiger partial charge on any atom is 0.147 e. The van der Waals surface area contributed by atoms with Gasteiger partial charge < -0.3 is 9.30 Å². The van der Waals surface area contributed by atoms with Crippen molar-refractivity contribution in [3.8, 4) is 5.75 Å². The molecule has 1 aromatic heterocycles. The van der Waals surface area contributed by atoms with Gasteiger partial charge in [-0.1, -0.05) is 6.07 Å². The summed E-state index contributed by atoms with van der Waals surface area (Å²) in [5.74, 6) is 2.79. The Morgan fingerprint density at radius 3 is 2.89 bits per heavy atom. The van der Waals surface area contributed by atoms with Crippen LogP contribution in [0.5, 0.6) is 5.75 Å². The Balaban J connectivity index is 2.55. The van der Waals surface area contributed by atoms with Gasteiger partial charge in [-0.05, 0) is 32.2 Å². The first-order valence-corrected chi connectivity index (χ1v) is 8.27. The molecule has 0 N–H and O–H groups in total. The van der Waals surface area contributed by atoms with Crippen LogP contribution in [0.25, 0.3) is 11.0 Å². The monoisotopic (exact) mass is 298 g/mol. The minimum absolute atomic E-state index is 0.108. The van der Waals surface area contributed by atoms with Crippen molar-refractivity contribution in [2.24, 2.45) is 0 Å². The van der Waals surface area contributed by atoms with Gasteiger partial charge in [0, 0.05) is 12.3 Å². The molecule has 5 heteroatoms. The van der Waals surface area contributed by atoms with E-state index >= 15 is 0 Å². The lowest BCUT2D eigenvalue weighted by Crippen LogP contribution is -2.06. The number of para-hydroxylation sites is 1. The lowest BCUT2D eigenvalue weighted by Gasteiger charge is -2.09. The number of nitrogens with zero attached hydrogens (tertiary/aromatic N) is 2. The molecule has 1 heterocycles. The van der Waals surface area contributed by atoms with Crippen molar-refractivity contribution in [1.29, 1.82) is 0 Å². The third-order valence-electron chi connectivity index (χ3n) is 2.95. The number of benzene rings is 1. The molecule has 0 saturated carbocycles. The van der Waals surface area contributed by atoms with E-state index in [0.29, 0.717) is 6.61 Å². The highest BCUT2D eigenvalue weighted by Gasteiger charge is 2.17. The average molecular weight is 299 g/mol. The van der Waals surface area contributed by atoms with E-state index in [0.717, 1.165) is 34.9 Å². The van der Waals surface area contributed by atoms with Crippen LogP contribution in [0.4, 0.5) is 0 Å². The van der Waals surface area contributed by atoms with Crippen LogP contribution in [0, 0.1) is 0 Å². The molecule has 1 unspecified atom stereocenters. The summed E-state index contributed by atoms with van der Waals surface area (Å²) in [5.41, 5.74) is 2.01.